The zero-order valence-corrected chi connectivity index (χ0v) is 22.6. The minimum Gasteiger partial charge on any atom is -0.377 e. The number of rotatable bonds is 12. The standard InChI is InChI=1S/C31H31ClN4O3/c1-23(18-24-8-4-2-5-9-24)29-21-35(34-33-29)14-15-38-16-17-39-22-26-20-36(30-13-12-27(32)19-28(26)30)31(37)25-10-6-3-7-11-25/h2-13,19-21,23H,14-18,22H2,1H3. The van der Waals surface area contributed by atoms with Gasteiger partial charge in [0.25, 0.3) is 5.91 Å². The molecule has 0 fully saturated rings. The summed E-state index contributed by atoms with van der Waals surface area (Å²) < 4.78 is 15.1. The first kappa shape index (κ1) is 26.8. The van der Waals surface area contributed by atoms with Gasteiger partial charge in [-0.3, -0.25) is 9.36 Å². The van der Waals surface area contributed by atoms with Gasteiger partial charge in [-0.1, -0.05) is 72.3 Å². The molecule has 5 aromatic rings. The average Bonchev–Trinajstić information content (AvgIpc) is 3.58. The van der Waals surface area contributed by atoms with E-state index in [9.17, 15) is 4.79 Å². The van der Waals surface area contributed by atoms with Gasteiger partial charge in [-0.2, -0.15) is 0 Å². The second kappa shape index (κ2) is 12.8. The summed E-state index contributed by atoms with van der Waals surface area (Å²) in [7, 11) is 0. The van der Waals surface area contributed by atoms with Crippen molar-refractivity contribution < 1.29 is 14.3 Å². The number of carbonyl (C=O) groups excluding carboxylic acids is 1. The van der Waals surface area contributed by atoms with E-state index in [1.54, 1.807) is 10.6 Å². The van der Waals surface area contributed by atoms with Crippen LogP contribution in [0.15, 0.2) is 91.3 Å². The number of nitrogens with zero attached hydrogens (tertiary/aromatic N) is 4. The van der Waals surface area contributed by atoms with Gasteiger partial charge in [-0.25, -0.2) is 4.68 Å². The van der Waals surface area contributed by atoms with E-state index in [1.165, 1.54) is 5.56 Å². The Morgan fingerprint density at radius 2 is 1.67 bits per heavy atom. The number of benzene rings is 3. The molecular formula is C31H31ClN4O3. The molecule has 0 saturated carbocycles. The summed E-state index contributed by atoms with van der Waals surface area (Å²) in [4.78, 5) is 13.1. The second-order valence-corrected chi connectivity index (χ2v) is 9.96. The number of halogens is 1. The van der Waals surface area contributed by atoms with Crippen LogP contribution in [0, 0.1) is 0 Å². The first-order chi connectivity index (χ1) is 19.1. The summed E-state index contributed by atoms with van der Waals surface area (Å²) in [6.45, 7) is 4.53. The highest BCUT2D eigenvalue weighted by atomic mass is 35.5. The van der Waals surface area contributed by atoms with Gasteiger partial charge in [-0.05, 0) is 42.3 Å². The third-order valence-electron chi connectivity index (χ3n) is 6.63. The van der Waals surface area contributed by atoms with Gasteiger partial charge in [-0.15, -0.1) is 5.10 Å². The van der Waals surface area contributed by atoms with Crippen molar-refractivity contribution >= 4 is 28.4 Å². The molecule has 8 heteroatoms. The minimum absolute atomic E-state index is 0.0942. The SMILES string of the molecule is CC(Cc1ccccc1)c1cn(CCOCCOCc2cn(C(=O)c3ccccc3)c3ccc(Cl)cc23)nn1. The number of carbonyl (C=O) groups is 1. The Kier molecular flexibility index (Phi) is 8.83. The smallest absolute Gasteiger partial charge is 0.262 e. The molecule has 0 amide bonds. The normalized spacial score (nSPS) is 12.2. The molecule has 5 rings (SSSR count). The summed E-state index contributed by atoms with van der Waals surface area (Å²) >= 11 is 6.25. The Morgan fingerprint density at radius 3 is 2.46 bits per heavy atom. The van der Waals surface area contributed by atoms with E-state index >= 15 is 0 Å². The average molecular weight is 543 g/mol. The molecular weight excluding hydrogens is 512 g/mol. The van der Waals surface area contributed by atoms with Crippen LogP contribution >= 0.6 is 11.6 Å². The molecule has 0 aliphatic heterocycles. The molecule has 3 aromatic carbocycles. The number of hydrogen-bond donors (Lipinski definition) is 0. The van der Waals surface area contributed by atoms with Gasteiger partial charge in [0.2, 0.25) is 0 Å². The quantitative estimate of drug-likeness (QED) is 0.177. The molecule has 1 atom stereocenters. The maximum absolute atomic E-state index is 13.1. The summed E-state index contributed by atoms with van der Waals surface area (Å²) in [6.07, 6.45) is 4.75. The molecule has 0 saturated heterocycles. The monoisotopic (exact) mass is 542 g/mol. The molecule has 200 valence electrons. The fraction of sp³-hybridized carbons (Fsp3) is 0.258. The lowest BCUT2D eigenvalue weighted by Gasteiger charge is -2.07. The summed E-state index contributed by atoms with van der Waals surface area (Å²) in [5.41, 5.74) is 4.59. The molecule has 0 aliphatic rings. The predicted molar refractivity (Wildman–Crippen MR) is 152 cm³/mol. The number of ether oxygens (including phenoxy) is 2. The van der Waals surface area contributed by atoms with E-state index in [2.05, 4.69) is 41.5 Å². The van der Waals surface area contributed by atoms with Gasteiger partial charge >= 0.3 is 0 Å². The molecule has 0 radical (unpaired) electrons. The van der Waals surface area contributed by atoms with Crippen LogP contribution in [0.25, 0.3) is 10.9 Å². The van der Waals surface area contributed by atoms with Crippen LogP contribution in [0.2, 0.25) is 5.02 Å². The Labute approximate surface area is 232 Å². The van der Waals surface area contributed by atoms with Gasteiger partial charge < -0.3 is 9.47 Å². The van der Waals surface area contributed by atoms with E-state index in [0.717, 1.165) is 28.6 Å². The second-order valence-electron chi connectivity index (χ2n) is 9.52. The maximum atomic E-state index is 13.1. The van der Waals surface area contributed by atoms with Crippen molar-refractivity contribution in [2.24, 2.45) is 0 Å². The molecule has 1 unspecified atom stereocenters. The Morgan fingerprint density at radius 1 is 0.923 bits per heavy atom. The molecule has 2 aromatic heterocycles. The van der Waals surface area contributed by atoms with Crippen molar-refractivity contribution in [1.82, 2.24) is 19.6 Å². The first-order valence-electron chi connectivity index (χ1n) is 13.1. The molecule has 0 bridgehead atoms. The van der Waals surface area contributed by atoms with Crippen molar-refractivity contribution in [2.45, 2.75) is 32.4 Å². The van der Waals surface area contributed by atoms with Crippen LogP contribution in [-0.4, -0.2) is 45.3 Å². The third kappa shape index (κ3) is 6.81. The molecule has 7 nitrogen and oxygen atoms in total. The molecule has 0 spiro atoms. The van der Waals surface area contributed by atoms with Crippen LogP contribution in [0.3, 0.4) is 0 Å². The van der Waals surface area contributed by atoms with E-state index in [0.29, 0.717) is 49.5 Å². The van der Waals surface area contributed by atoms with Crippen LogP contribution in [0.4, 0.5) is 0 Å². The number of hydrogen-bond acceptors (Lipinski definition) is 5. The van der Waals surface area contributed by atoms with E-state index < -0.39 is 0 Å². The van der Waals surface area contributed by atoms with Crippen molar-refractivity contribution in [2.75, 3.05) is 19.8 Å². The first-order valence-corrected chi connectivity index (χ1v) is 13.4. The molecule has 39 heavy (non-hydrogen) atoms. The fourth-order valence-corrected chi connectivity index (χ4v) is 4.73. The van der Waals surface area contributed by atoms with Gasteiger partial charge in [0.1, 0.15) is 0 Å². The van der Waals surface area contributed by atoms with Gasteiger partial charge in [0, 0.05) is 39.8 Å². The van der Waals surface area contributed by atoms with Crippen LogP contribution < -0.4 is 0 Å². The van der Waals surface area contributed by atoms with Crippen molar-refractivity contribution in [3.8, 4) is 0 Å². The predicted octanol–water partition coefficient (Wildman–Crippen LogP) is 6.15. The lowest BCUT2D eigenvalue weighted by Crippen LogP contribution is -2.11. The molecule has 0 aliphatic carbocycles. The summed E-state index contributed by atoms with van der Waals surface area (Å²) in [5, 5.41) is 10.1. The van der Waals surface area contributed by atoms with Crippen LogP contribution in [-0.2, 0) is 29.0 Å². The lowest BCUT2D eigenvalue weighted by atomic mass is 9.99. The third-order valence-corrected chi connectivity index (χ3v) is 6.86. The van der Waals surface area contributed by atoms with Gasteiger partial charge in [0.05, 0.1) is 44.2 Å². The van der Waals surface area contributed by atoms with E-state index in [-0.39, 0.29) is 5.91 Å². The summed E-state index contributed by atoms with van der Waals surface area (Å²) in [6, 6.07) is 25.1. The van der Waals surface area contributed by atoms with Crippen molar-refractivity contribution in [3.63, 3.8) is 0 Å². The highest BCUT2D eigenvalue weighted by Crippen LogP contribution is 2.26. The number of fused-ring (bicyclic) bond motifs is 1. The zero-order valence-electron chi connectivity index (χ0n) is 21.9. The lowest BCUT2D eigenvalue weighted by molar-refractivity contribution is 0.0373. The van der Waals surface area contributed by atoms with Crippen molar-refractivity contribution in [3.05, 3.63) is 119 Å². The number of aromatic nitrogens is 4. The maximum Gasteiger partial charge on any atom is 0.262 e. The Bertz CT molecular complexity index is 1520. The van der Waals surface area contributed by atoms with Crippen LogP contribution in [0.1, 0.15) is 40.0 Å². The van der Waals surface area contributed by atoms with E-state index in [4.69, 9.17) is 21.1 Å². The highest BCUT2D eigenvalue weighted by molar-refractivity contribution is 6.31. The van der Waals surface area contributed by atoms with Gasteiger partial charge in [0.15, 0.2) is 0 Å². The Hall–Kier alpha value is -3.78. The largest absolute Gasteiger partial charge is 0.377 e. The summed E-state index contributed by atoms with van der Waals surface area (Å²) in [5.74, 6) is 0.197. The highest BCUT2D eigenvalue weighted by Gasteiger charge is 2.16. The minimum atomic E-state index is -0.0942. The Balaban J connectivity index is 1.08. The van der Waals surface area contributed by atoms with Crippen LogP contribution in [0.5, 0.6) is 0 Å². The molecule has 0 N–H and O–H groups in total. The topological polar surface area (TPSA) is 71.2 Å². The molecule has 2 heterocycles. The van der Waals surface area contributed by atoms with Crippen molar-refractivity contribution in [1.29, 1.82) is 0 Å². The zero-order chi connectivity index (χ0) is 27.0. The van der Waals surface area contributed by atoms with E-state index in [1.807, 2.05) is 65.6 Å². The fourth-order valence-electron chi connectivity index (χ4n) is 4.55.